The first-order valence-electron chi connectivity index (χ1n) is 11.5. The van der Waals surface area contributed by atoms with Crippen LogP contribution in [0.25, 0.3) is 0 Å². The Kier molecular flexibility index (Phi) is 8.23. The average Bonchev–Trinajstić information content (AvgIpc) is 2.76. The Morgan fingerprint density at radius 2 is 1.32 bits per heavy atom. The molecule has 148 valence electrons. The second kappa shape index (κ2) is 11.1. The maximum atomic E-state index is 3.34. The second-order valence-corrected chi connectivity index (χ2v) is 8.51. The highest BCUT2D eigenvalue weighted by atomic mass is 14.3. The van der Waals surface area contributed by atoms with Crippen molar-refractivity contribution in [2.24, 2.45) is 5.92 Å². The van der Waals surface area contributed by atoms with Crippen LogP contribution in [0.4, 0.5) is 0 Å². The molecule has 2 aromatic rings. The van der Waals surface area contributed by atoms with Gasteiger partial charge in [-0.2, -0.15) is 0 Å². The van der Waals surface area contributed by atoms with Crippen molar-refractivity contribution < 1.29 is 0 Å². The van der Waals surface area contributed by atoms with Gasteiger partial charge in [0, 0.05) is 11.1 Å². The molecule has 0 heteroatoms. The van der Waals surface area contributed by atoms with E-state index in [1.165, 1.54) is 75.3 Å². The fourth-order valence-corrected chi connectivity index (χ4v) is 4.40. The zero-order valence-electron chi connectivity index (χ0n) is 17.8. The van der Waals surface area contributed by atoms with Crippen molar-refractivity contribution >= 4 is 0 Å². The highest BCUT2D eigenvalue weighted by Crippen LogP contribution is 2.36. The Balaban J connectivity index is 1.52. The molecular formula is C28H36. The van der Waals surface area contributed by atoms with Crippen molar-refractivity contribution in [3.8, 4) is 11.8 Å². The van der Waals surface area contributed by atoms with Gasteiger partial charge in [0.15, 0.2) is 0 Å². The molecule has 0 unspecified atom stereocenters. The van der Waals surface area contributed by atoms with Crippen molar-refractivity contribution in [2.45, 2.75) is 84.0 Å². The van der Waals surface area contributed by atoms with Gasteiger partial charge >= 0.3 is 0 Å². The lowest BCUT2D eigenvalue weighted by Gasteiger charge is -2.28. The predicted molar refractivity (Wildman–Crippen MR) is 122 cm³/mol. The van der Waals surface area contributed by atoms with Gasteiger partial charge in [0.2, 0.25) is 0 Å². The minimum atomic E-state index is 0.759. The van der Waals surface area contributed by atoms with Gasteiger partial charge in [0.25, 0.3) is 0 Å². The normalized spacial score (nSPS) is 19.1. The van der Waals surface area contributed by atoms with Crippen LogP contribution in [-0.4, -0.2) is 0 Å². The summed E-state index contributed by atoms with van der Waals surface area (Å²) in [5, 5.41) is 0. The molecule has 0 amide bonds. The molecule has 3 rings (SSSR count). The molecule has 1 aliphatic carbocycles. The molecule has 28 heavy (non-hydrogen) atoms. The molecule has 0 bridgehead atoms. The van der Waals surface area contributed by atoms with Gasteiger partial charge in [0.1, 0.15) is 0 Å². The van der Waals surface area contributed by atoms with Crippen LogP contribution in [0.1, 0.15) is 99.8 Å². The Morgan fingerprint density at radius 1 is 0.714 bits per heavy atom. The van der Waals surface area contributed by atoms with Crippen molar-refractivity contribution in [3.05, 3.63) is 70.8 Å². The average molecular weight is 373 g/mol. The summed E-state index contributed by atoms with van der Waals surface area (Å²) in [4.78, 5) is 0. The Hall–Kier alpha value is -2.00. The van der Waals surface area contributed by atoms with E-state index in [0.29, 0.717) is 0 Å². The maximum absolute atomic E-state index is 3.34. The van der Waals surface area contributed by atoms with Crippen LogP contribution >= 0.6 is 0 Å². The van der Waals surface area contributed by atoms with Crippen LogP contribution in [0.5, 0.6) is 0 Å². The first-order valence-corrected chi connectivity index (χ1v) is 11.5. The minimum absolute atomic E-state index is 0.759. The summed E-state index contributed by atoms with van der Waals surface area (Å²) in [7, 11) is 0. The van der Waals surface area contributed by atoms with E-state index in [4.69, 9.17) is 0 Å². The summed E-state index contributed by atoms with van der Waals surface area (Å²) in [6.07, 6.45) is 13.3. The standard InChI is InChI=1S/C28H36/c1-3-5-6-7-8-24-9-11-25(12-10-24)13-14-26-17-21-28(22-18-26)27-19-15-23(4-2)16-20-27/h9-12,17-18,21-23,27H,3-8,15-16,19-20H2,1-2H3. The summed E-state index contributed by atoms with van der Waals surface area (Å²) < 4.78 is 0. The lowest BCUT2D eigenvalue weighted by Crippen LogP contribution is -2.12. The maximum Gasteiger partial charge on any atom is 0.0249 e. The molecule has 0 nitrogen and oxygen atoms in total. The van der Waals surface area contributed by atoms with Crippen LogP contribution in [0, 0.1) is 17.8 Å². The third-order valence-electron chi connectivity index (χ3n) is 6.43. The summed E-state index contributed by atoms with van der Waals surface area (Å²) in [5.41, 5.74) is 5.17. The number of unbranched alkanes of at least 4 members (excludes halogenated alkanes) is 3. The van der Waals surface area contributed by atoms with E-state index >= 15 is 0 Å². The minimum Gasteiger partial charge on any atom is -0.0654 e. The van der Waals surface area contributed by atoms with Gasteiger partial charge in [-0.1, -0.05) is 75.6 Å². The summed E-state index contributed by atoms with van der Waals surface area (Å²) >= 11 is 0. The fraction of sp³-hybridized carbons (Fsp3) is 0.500. The number of rotatable bonds is 7. The molecule has 0 aliphatic heterocycles. The smallest absolute Gasteiger partial charge is 0.0249 e. The molecule has 0 heterocycles. The SMILES string of the molecule is CCCCCCc1ccc(C#Cc2ccc(C3CCC(CC)CC3)cc2)cc1. The molecular weight excluding hydrogens is 336 g/mol. The van der Waals surface area contributed by atoms with Crippen LogP contribution in [0.3, 0.4) is 0 Å². The number of hydrogen-bond acceptors (Lipinski definition) is 0. The van der Waals surface area contributed by atoms with Crippen LogP contribution < -0.4 is 0 Å². The van der Waals surface area contributed by atoms with E-state index in [-0.39, 0.29) is 0 Å². The Bertz CT molecular complexity index is 746. The molecule has 1 saturated carbocycles. The molecule has 1 aliphatic rings. The van der Waals surface area contributed by atoms with Crippen LogP contribution in [-0.2, 0) is 6.42 Å². The molecule has 2 aromatic carbocycles. The zero-order chi connectivity index (χ0) is 19.6. The van der Waals surface area contributed by atoms with Crippen molar-refractivity contribution in [2.75, 3.05) is 0 Å². The fourth-order valence-electron chi connectivity index (χ4n) is 4.40. The molecule has 0 N–H and O–H groups in total. The largest absolute Gasteiger partial charge is 0.0654 e. The third-order valence-corrected chi connectivity index (χ3v) is 6.43. The van der Waals surface area contributed by atoms with Gasteiger partial charge in [-0.15, -0.1) is 0 Å². The second-order valence-electron chi connectivity index (χ2n) is 8.51. The first-order chi connectivity index (χ1) is 13.8. The number of hydrogen-bond donors (Lipinski definition) is 0. The summed E-state index contributed by atoms with van der Waals surface area (Å²) in [6, 6.07) is 17.8. The van der Waals surface area contributed by atoms with Gasteiger partial charge in [-0.05, 0) is 85.8 Å². The molecule has 0 radical (unpaired) electrons. The Morgan fingerprint density at radius 3 is 1.89 bits per heavy atom. The van der Waals surface area contributed by atoms with E-state index < -0.39 is 0 Å². The van der Waals surface area contributed by atoms with Gasteiger partial charge in [-0.25, -0.2) is 0 Å². The predicted octanol–water partition coefficient (Wildman–Crippen LogP) is 7.89. The zero-order valence-corrected chi connectivity index (χ0v) is 17.8. The van der Waals surface area contributed by atoms with E-state index in [9.17, 15) is 0 Å². The third kappa shape index (κ3) is 6.27. The van der Waals surface area contributed by atoms with E-state index in [0.717, 1.165) is 23.0 Å². The van der Waals surface area contributed by atoms with Gasteiger partial charge < -0.3 is 0 Å². The van der Waals surface area contributed by atoms with Crippen molar-refractivity contribution in [3.63, 3.8) is 0 Å². The number of benzene rings is 2. The quantitative estimate of drug-likeness (QED) is 0.342. The van der Waals surface area contributed by atoms with Crippen LogP contribution in [0.15, 0.2) is 48.5 Å². The van der Waals surface area contributed by atoms with Crippen molar-refractivity contribution in [1.29, 1.82) is 0 Å². The van der Waals surface area contributed by atoms with Gasteiger partial charge in [0.05, 0.1) is 0 Å². The molecule has 0 saturated heterocycles. The molecule has 0 atom stereocenters. The van der Waals surface area contributed by atoms with E-state index in [1.807, 2.05) is 0 Å². The van der Waals surface area contributed by atoms with E-state index in [1.54, 1.807) is 0 Å². The highest BCUT2D eigenvalue weighted by molar-refractivity contribution is 5.44. The monoisotopic (exact) mass is 372 g/mol. The topological polar surface area (TPSA) is 0 Å². The Labute approximate surface area is 172 Å². The first kappa shape index (κ1) is 20.7. The summed E-state index contributed by atoms with van der Waals surface area (Å²) in [5.74, 6) is 8.38. The van der Waals surface area contributed by atoms with Gasteiger partial charge in [-0.3, -0.25) is 0 Å². The molecule has 0 spiro atoms. The number of aryl methyl sites for hydroxylation is 1. The van der Waals surface area contributed by atoms with E-state index in [2.05, 4.69) is 74.2 Å². The molecule has 1 fully saturated rings. The lowest BCUT2D eigenvalue weighted by atomic mass is 9.78. The summed E-state index contributed by atoms with van der Waals surface area (Å²) in [6.45, 7) is 4.60. The van der Waals surface area contributed by atoms with Crippen molar-refractivity contribution in [1.82, 2.24) is 0 Å². The van der Waals surface area contributed by atoms with Crippen LogP contribution in [0.2, 0.25) is 0 Å². The lowest BCUT2D eigenvalue weighted by molar-refractivity contribution is 0.319. The highest BCUT2D eigenvalue weighted by Gasteiger charge is 2.20. The molecule has 0 aromatic heterocycles.